The van der Waals surface area contributed by atoms with Gasteiger partial charge in [-0.15, -0.1) is 0 Å². The van der Waals surface area contributed by atoms with Crippen molar-refractivity contribution >= 4 is 16.9 Å². The van der Waals surface area contributed by atoms with E-state index < -0.39 is 0 Å². The Morgan fingerprint density at radius 1 is 1.37 bits per heavy atom. The number of hydrogen-bond acceptors (Lipinski definition) is 3. The van der Waals surface area contributed by atoms with Crippen LogP contribution in [0.4, 0.5) is 0 Å². The fraction of sp³-hybridized carbons (Fsp3) is 0.933. The molecule has 1 aliphatic carbocycles. The van der Waals surface area contributed by atoms with Crippen LogP contribution in [0, 0.1) is 5.92 Å². The van der Waals surface area contributed by atoms with Gasteiger partial charge in [0, 0.05) is 17.9 Å². The van der Waals surface area contributed by atoms with E-state index in [1.54, 1.807) is 0 Å². The molecule has 108 valence electrons. The van der Waals surface area contributed by atoms with Crippen LogP contribution in [0.5, 0.6) is 0 Å². The molecule has 0 aromatic carbocycles. The SMILES string of the molecule is CC1CCCC2(CSC(=NC3CCOC(C)C3)N2)C1. The monoisotopic (exact) mass is 282 g/mol. The number of ether oxygens (including phenoxy) is 1. The number of aliphatic imine (C=N–C) groups is 1. The highest BCUT2D eigenvalue weighted by atomic mass is 32.2. The minimum Gasteiger partial charge on any atom is -0.378 e. The lowest BCUT2D eigenvalue weighted by Gasteiger charge is -2.36. The van der Waals surface area contributed by atoms with Gasteiger partial charge >= 0.3 is 0 Å². The summed E-state index contributed by atoms with van der Waals surface area (Å²) in [6.45, 7) is 5.42. The first kappa shape index (κ1) is 13.7. The van der Waals surface area contributed by atoms with Crippen LogP contribution in [0.15, 0.2) is 4.99 Å². The Morgan fingerprint density at radius 3 is 3.05 bits per heavy atom. The van der Waals surface area contributed by atoms with Crippen LogP contribution in [0.1, 0.15) is 52.4 Å². The third-order valence-electron chi connectivity index (χ3n) is 4.71. The third kappa shape index (κ3) is 3.27. The molecule has 1 spiro atoms. The minimum absolute atomic E-state index is 0.359. The van der Waals surface area contributed by atoms with Crippen LogP contribution >= 0.6 is 11.8 Å². The van der Waals surface area contributed by atoms with Gasteiger partial charge in [-0.3, -0.25) is 4.99 Å². The van der Waals surface area contributed by atoms with Gasteiger partial charge in [0.25, 0.3) is 0 Å². The fourth-order valence-electron chi connectivity index (χ4n) is 3.74. The summed E-state index contributed by atoms with van der Waals surface area (Å²) < 4.78 is 5.60. The Balaban J connectivity index is 1.61. The molecule has 0 amide bonds. The number of rotatable bonds is 1. The van der Waals surface area contributed by atoms with Gasteiger partial charge in [0.2, 0.25) is 0 Å². The molecule has 3 nitrogen and oxygen atoms in total. The van der Waals surface area contributed by atoms with Gasteiger partial charge in [0.15, 0.2) is 5.17 Å². The Bertz CT molecular complexity index is 360. The highest BCUT2D eigenvalue weighted by Gasteiger charge is 2.40. The summed E-state index contributed by atoms with van der Waals surface area (Å²) in [4.78, 5) is 4.95. The van der Waals surface area contributed by atoms with Gasteiger partial charge in [-0.05, 0) is 38.5 Å². The molecule has 1 saturated carbocycles. The van der Waals surface area contributed by atoms with Crippen LogP contribution in [-0.4, -0.2) is 35.2 Å². The lowest BCUT2D eigenvalue weighted by atomic mass is 9.78. The highest BCUT2D eigenvalue weighted by molar-refractivity contribution is 8.14. The van der Waals surface area contributed by atoms with Crippen molar-refractivity contribution in [3.63, 3.8) is 0 Å². The van der Waals surface area contributed by atoms with E-state index in [1.165, 1.54) is 36.6 Å². The van der Waals surface area contributed by atoms with Crippen molar-refractivity contribution in [3.8, 4) is 0 Å². The fourth-order valence-corrected chi connectivity index (χ4v) is 5.00. The normalized spacial score (nSPS) is 45.6. The minimum atomic E-state index is 0.359. The Kier molecular flexibility index (Phi) is 4.08. The molecule has 2 aliphatic heterocycles. The summed E-state index contributed by atoms with van der Waals surface area (Å²) in [6, 6.07) is 0.468. The van der Waals surface area contributed by atoms with E-state index in [4.69, 9.17) is 9.73 Å². The topological polar surface area (TPSA) is 33.6 Å². The van der Waals surface area contributed by atoms with Gasteiger partial charge in [0.05, 0.1) is 12.1 Å². The maximum absolute atomic E-state index is 5.60. The van der Waals surface area contributed by atoms with Crippen molar-refractivity contribution in [3.05, 3.63) is 0 Å². The maximum atomic E-state index is 5.60. The Hall–Kier alpha value is -0.220. The van der Waals surface area contributed by atoms with Gasteiger partial charge < -0.3 is 10.1 Å². The zero-order chi connectivity index (χ0) is 13.3. The second-order valence-electron chi connectivity index (χ2n) is 6.69. The molecule has 3 aliphatic rings. The molecule has 0 bridgehead atoms. The molecular formula is C15H26N2OS. The van der Waals surface area contributed by atoms with Crippen molar-refractivity contribution in [2.24, 2.45) is 10.9 Å². The second kappa shape index (κ2) is 5.65. The van der Waals surface area contributed by atoms with Crippen molar-refractivity contribution in [2.45, 2.75) is 70.1 Å². The molecule has 2 saturated heterocycles. The number of amidine groups is 1. The molecule has 4 unspecified atom stereocenters. The lowest BCUT2D eigenvalue weighted by Crippen LogP contribution is -2.47. The summed E-state index contributed by atoms with van der Waals surface area (Å²) in [5.41, 5.74) is 0.359. The van der Waals surface area contributed by atoms with Crippen molar-refractivity contribution in [1.29, 1.82) is 0 Å². The van der Waals surface area contributed by atoms with Crippen LogP contribution in [0.2, 0.25) is 0 Å². The van der Waals surface area contributed by atoms with E-state index in [0.29, 0.717) is 17.7 Å². The first-order valence-corrected chi connectivity index (χ1v) is 8.74. The van der Waals surface area contributed by atoms with Crippen LogP contribution in [0.25, 0.3) is 0 Å². The molecule has 0 aromatic rings. The molecule has 19 heavy (non-hydrogen) atoms. The second-order valence-corrected chi connectivity index (χ2v) is 7.65. The summed E-state index contributed by atoms with van der Waals surface area (Å²) in [6.07, 6.45) is 7.96. The molecule has 3 rings (SSSR count). The Labute approximate surface area is 121 Å². The summed E-state index contributed by atoms with van der Waals surface area (Å²) in [5.74, 6) is 2.08. The van der Waals surface area contributed by atoms with E-state index in [9.17, 15) is 0 Å². The van der Waals surface area contributed by atoms with E-state index >= 15 is 0 Å². The predicted molar refractivity (Wildman–Crippen MR) is 81.8 cm³/mol. The van der Waals surface area contributed by atoms with E-state index in [0.717, 1.165) is 25.4 Å². The molecule has 4 atom stereocenters. The molecule has 4 heteroatoms. The van der Waals surface area contributed by atoms with E-state index in [-0.39, 0.29) is 0 Å². The van der Waals surface area contributed by atoms with Gasteiger partial charge in [-0.1, -0.05) is 31.5 Å². The highest BCUT2D eigenvalue weighted by Crippen LogP contribution is 2.39. The maximum Gasteiger partial charge on any atom is 0.157 e. The lowest BCUT2D eigenvalue weighted by molar-refractivity contribution is 0.0204. The smallest absolute Gasteiger partial charge is 0.157 e. The van der Waals surface area contributed by atoms with Gasteiger partial charge in [-0.25, -0.2) is 0 Å². The first-order valence-electron chi connectivity index (χ1n) is 7.76. The van der Waals surface area contributed by atoms with E-state index in [2.05, 4.69) is 19.2 Å². The summed E-state index contributed by atoms with van der Waals surface area (Å²) in [7, 11) is 0. The number of hydrogen-bond donors (Lipinski definition) is 1. The number of nitrogens with zero attached hydrogens (tertiary/aromatic N) is 1. The van der Waals surface area contributed by atoms with E-state index in [1.807, 2.05) is 11.8 Å². The molecule has 3 fully saturated rings. The van der Waals surface area contributed by atoms with Crippen LogP contribution < -0.4 is 5.32 Å². The zero-order valence-corrected chi connectivity index (χ0v) is 13.0. The van der Waals surface area contributed by atoms with Crippen LogP contribution in [-0.2, 0) is 4.74 Å². The molecule has 0 radical (unpaired) electrons. The van der Waals surface area contributed by atoms with Gasteiger partial charge in [0.1, 0.15) is 0 Å². The standard InChI is InChI=1S/C15H26N2OS/c1-11-4-3-6-15(9-11)10-19-14(17-15)16-13-5-7-18-12(2)8-13/h11-13H,3-10H2,1-2H3,(H,16,17). The third-order valence-corrected chi connectivity index (χ3v) is 5.88. The van der Waals surface area contributed by atoms with Gasteiger partial charge in [-0.2, -0.15) is 0 Å². The summed E-state index contributed by atoms with van der Waals surface area (Å²) in [5, 5.41) is 4.97. The average Bonchev–Trinajstić information content (AvgIpc) is 2.71. The predicted octanol–water partition coefficient (Wildman–Crippen LogP) is 3.20. The number of nitrogens with one attached hydrogen (secondary N) is 1. The largest absolute Gasteiger partial charge is 0.378 e. The Morgan fingerprint density at radius 2 is 2.26 bits per heavy atom. The van der Waals surface area contributed by atoms with Crippen LogP contribution in [0.3, 0.4) is 0 Å². The number of thioether (sulfide) groups is 1. The zero-order valence-electron chi connectivity index (χ0n) is 12.2. The average molecular weight is 282 g/mol. The molecule has 2 heterocycles. The molecule has 1 N–H and O–H groups in total. The first-order chi connectivity index (χ1) is 9.15. The summed E-state index contributed by atoms with van der Waals surface area (Å²) >= 11 is 1.94. The molecular weight excluding hydrogens is 256 g/mol. The van der Waals surface area contributed by atoms with Crippen molar-refractivity contribution < 1.29 is 4.74 Å². The quantitative estimate of drug-likeness (QED) is 0.802. The molecule has 0 aromatic heterocycles. The van der Waals surface area contributed by atoms with Crippen molar-refractivity contribution in [2.75, 3.05) is 12.4 Å². The van der Waals surface area contributed by atoms with Crippen molar-refractivity contribution in [1.82, 2.24) is 5.32 Å².